The van der Waals surface area contributed by atoms with Crippen LogP contribution in [0.4, 0.5) is 0 Å². The quantitative estimate of drug-likeness (QED) is 0.690. The number of ether oxygens (including phenoxy) is 1. The summed E-state index contributed by atoms with van der Waals surface area (Å²) in [7, 11) is 0. The SMILES string of the molecule is CC(=O)CC[C@@H]1[C@@]2(C)CCCC(C)(C)[C@@H]2CC[C@@]1(C)OC(C)=O. The molecule has 2 fully saturated rings. The largest absolute Gasteiger partial charge is 0.459 e. The summed E-state index contributed by atoms with van der Waals surface area (Å²) in [6.45, 7) is 12.5. The Kier molecular flexibility index (Phi) is 4.99. The molecular weight excluding hydrogens is 288 g/mol. The average Bonchev–Trinajstić information content (AvgIpc) is 2.34. The van der Waals surface area contributed by atoms with E-state index in [2.05, 4.69) is 27.7 Å². The van der Waals surface area contributed by atoms with Crippen molar-refractivity contribution < 1.29 is 14.3 Å². The molecule has 2 aliphatic carbocycles. The lowest BCUT2D eigenvalue weighted by Gasteiger charge is -2.62. The van der Waals surface area contributed by atoms with E-state index in [4.69, 9.17) is 4.74 Å². The molecule has 0 aromatic heterocycles. The van der Waals surface area contributed by atoms with Gasteiger partial charge in [0, 0.05) is 19.3 Å². The minimum atomic E-state index is -0.431. The standard InChI is InChI=1S/C20H34O3/c1-14(21)8-9-17-19(5)12-7-11-18(3,4)16(19)10-13-20(17,6)23-15(2)22/h16-17H,7-13H2,1-6H3/t16-,17+,19-,20+/m0/s1. The molecule has 3 nitrogen and oxygen atoms in total. The van der Waals surface area contributed by atoms with Gasteiger partial charge >= 0.3 is 5.97 Å². The van der Waals surface area contributed by atoms with E-state index in [1.807, 2.05) is 0 Å². The average molecular weight is 322 g/mol. The van der Waals surface area contributed by atoms with Crippen LogP contribution < -0.4 is 0 Å². The lowest BCUT2D eigenvalue weighted by Crippen LogP contribution is -2.58. The number of carbonyl (C=O) groups is 2. The fourth-order valence-corrected chi connectivity index (χ4v) is 6.04. The van der Waals surface area contributed by atoms with Crippen LogP contribution in [0.25, 0.3) is 0 Å². The number of carbonyl (C=O) groups excluding carboxylic acids is 2. The first-order valence-electron chi connectivity index (χ1n) is 9.20. The van der Waals surface area contributed by atoms with Crippen LogP contribution in [0.1, 0.15) is 86.5 Å². The molecule has 0 N–H and O–H groups in total. The first-order chi connectivity index (χ1) is 10.5. The predicted molar refractivity (Wildman–Crippen MR) is 92.0 cm³/mol. The first kappa shape index (κ1) is 18.5. The first-order valence-corrected chi connectivity index (χ1v) is 9.20. The molecule has 0 spiro atoms. The van der Waals surface area contributed by atoms with Crippen LogP contribution in [0.15, 0.2) is 0 Å². The minimum absolute atomic E-state index is 0.152. The molecule has 4 atom stereocenters. The van der Waals surface area contributed by atoms with Crippen LogP contribution in [0.2, 0.25) is 0 Å². The van der Waals surface area contributed by atoms with E-state index in [0.29, 0.717) is 17.8 Å². The van der Waals surface area contributed by atoms with E-state index >= 15 is 0 Å². The van der Waals surface area contributed by atoms with Gasteiger partial charge in [-0.2, -0.15) is 0 Å². The summed E-state index contributed by atoms with van der Waals surface area (Å²) >= 11 is 0. The summed E-state index contributed by atoms with van der Waals surface area (Å²) in [6, 6.07) is 0. The summed E-state index contributed by atoms with van der Waals surface area (Å²) in [5, 5.41) is 0. The van der Waals surface area contributed by atoms with E-state index in [0.717, 1.165) is 19.3 Å². The maximum atomic E-state index is 11.7. The minimum Gasteiger partial charge on any atom is -0.459 e. The van der Waals surface area contributed by atoms with Crippen molar-refractivity contribution in [2.75, 3.05) is 0 Å². The van der Waals surface area contributed by atoms with Gasteiger partial charge in [-0.3, -0.25) is 4.79 Å². The second-order valence-corrected chi connectivity index (χ2v) is 9.14. The fourth-order valence-electron chi connectivity index (χ4n) is 6.04. The van der Waals surface area contributed by atoms with Crippen LogP contribution in [0, 0.1) is 22.7 Å². The van der Waals surface area contributed by atoms with E-state index < -0.39 is 5.60 Å². The van der Waals surface area contributed by atoms with E-state index in [1.54, 1.807) is 6.92 Å². The Morgan fingerprint density at radius 2 is 1.70 bits per heavy atom. The third-order valence-corrected chi connectivity index (χ3v) is 6.90. The second kappa shape index (κ2) is 6.22. The molecule has 2 aliphatic rings. The molecular formula is C20H34O3. The van der Waals surface area contributed by atoms with Gasteiger partial charge in [-0.25, -0.2) is 0 Å². The molecule has 3 heteroatoms. The van der Waals surface area contributed by atoms with Crippen LogP contribution in [-0.2, 0) is 14.3 Å². The molecule has 0 heterocycles. The van der Waals surface area contributed by atoms with E-state index in [9.17, 15) is 9.59 Å². The van der Waals surface area contributed by atoms with Gasteiger partial charge in [0.2, 0.25) is 0 Å². The summed E-state index contributed by atoms with van der Waals surface area (Å²) in [5.74, 6) is 0.943. The molecule has 0 aromatic rings. The molecule has 0 bridgehead atoms. The molecule has 0 amide bonds. The molecule has 23 heavy (non-hydrogen) atoms. The highest BCUT2D eigenvalue weighted by Crippen LogP contribution is 2.63. The molecule has 0 aromatic carbocycles. The molecule has 2 rings (SSSR count). The van der Waals surface area contributed by atoms with Gasteiger partial charge in [0.25, 0.3) is 0 Å². The highest BCUT2D eigenvalue weighted by atomic mass is 16.6. The van der Waals surface area contributed by atoms with Crippen molar-refractivity contribution in [3.8, 4) is 0 Å². The normalized spacial score (nSPS) is 39.4. The van der Waals surface area contributed by atoms with Crippen molar-refractivity contribution in [3.05, 3.63) is 0 Å². The maximum Gasteiger partial charge on any atom is 0.303 e. The van der Waals surface area contributed by atoms with Crippen LogP contribution in [-0.4, -0.2) is 17.4 Å². The van der Waals surface area contributed by atoms with E-state index in [1.165, 1.54) is 26.2 Å². The molecule has 0 radical (unpaired) electrons. The van der Waals surface area contributed by atoms with Crippen molar-refractivity contribution >= 4 is 11.8 Å². The van der Waals surface area contributed by atoms with Gasteiger partial charge in [-0.1, -0.05) is 27.2 Å². The van der Waals surface area contributed by atoms with Crippen molar-refractivity contribution in [2.45, 2.75) is 92.1 Å². The lowest BCUT2D eigenvalue weighted by molar-refractivity contribution is -0.199. The second-order valence-electron chi connectivity index (χ2n) is 9.14. The van der Waals surface area contributed by atoms with Gasteiger partial charge in [-0.15, -0.1) is 0 Å². The smallest absolute Gasteiger partial charge is 0.303 e. The Balaban J connectivity index is 2.38. The summed E-state index contributed by atoms with van der Waals surface area (Å²) < 4.78 is 5.86. The number of fused-ring (bicyclic) bond motifs is 1. The van der Waals surface area contributed by atoms with Gasteiger partial charge in [0.15, 0.2) is 0 Å². The van der Waals surface area contributed by atoms with Gasteiger partial charge in [0.1, 0.15) is 11.4 Å². The molecule has 0 aliphatic heterocycles. The zero-order chi connectivity index (χ0) is 17.5. The summed E-state index contributed by atoms with van der Waals surface area (Å²) in [5.41, 5.74) is 0.0542. The Morgan fingerprint density at radius 1 is 1.04 bits per heavy atom. The predicted octanol–water partition coefficient (Wildman–Crippen LogP) is 4.92. The number of hydrogen-bond acceptors (Lipinski definition) is 3. The summed E-state index contributed by atoms with van der Waals surface area (Å²) in [6.07, 6.45) is 7.14. The number of ketones is 1. The molecule has 0 saturated heterocycles. The zero-order valence-electron chi connectivity index (χ0n) is 15.8. The third kappa shape index (κ3) is 3.49. The van der Waals surface area contributed by atoms with Crippen LogP contribution in [0.3, 0.4) is 0 Å². The molecule has 132 valence electrons. The topological polar surface area (TPSA) is 43.4 Å². The van der Waals surface area contributed by atoms with Gasteiger partial charge in [0.05, 0.1) is 0 Å². The van der Waals surface area contributed by atoms with Gasteiger partial charge < -0.3 is 9.53 Å². The Labute approximate surface area is 141 Å². The molecule has 0 unspecified atom stereocenters. The number of Topliss-reactive ketones (excluding diaryl/α,β-unsaturated/α-hetero) is 1. The van der Waals surface area contributed by atoms with Crippen LogP contribution in [0.5, 0.6) is 0 Å². The van der Waals surface area contributed by atoms with Crippen molar-refractivity contribution in [3.63, 3.8) is 0 Å². The zero-order valence-corrected chi connectivity index (χ0v) is 15.8. The maximum absolute atomic E-state index is 11.7. The Hall–Kier alpha value is -0.860. The number of esters is 1. The Morgan fingerprint density at radius 3 is 2.26 bits per heavy atom. The van der Waals surface area contributed by atoms with Crippen molar-refractivity contribution in [1.29, 1.82) is 0 Å². The highest BCUT2D eigenvalue weighted by molar-refractivity contribution is 5.75. The van der Waals surface area contributed by atoms with Crippen molar-refractivity contribution in [1.82, 2.24) is 0 Å². The van der Waals surface area contributed by atoms with Gasteiger partial charge in [-0.05, 0) is 62.7 Å². The fraction of sp³-hybridized carbons (Fsp3) is 0.900. The highest BCUT2D eigenvalue weighted by Gasteiger charge is 2.59. The Bertz CT molecular complexity index is 481. The lowest BCUT2D eigenvalue weighted by atomic mass is 9.45. The monoisotopic (exact) mass is 322 g/mol. The van der Waals surface area contributed by atoms with Crippen LogP contribution >= 0.6 is 0 Å². The molecule has 2 saturated carbocycles. The van der Waals surface area contributed by atoms with E-state index in [-0.39, 0.29) is 23.1 Å². The van der Waals surface area contributed by atoms with Crippen molar-refractivity contribution in [2.24, 2.45) is 22.7 Å². The summed E-state index contributed by atoms with van der Waals surface area (Å²) in [4.78, 5) is 23.3. The number of hydrogen-bond donors (Lipinski definition) is 0. The third-order valence-electron chi connectivity index (χ3n) is 6.90. The number of rotatable bonds is 4.